The van der Waals surface area contributed by atoms with Crippen molar-refractivity contribution in [2.45, 2.75) is 26.2 Å². The predicted octanol–water partition coefficient (Wildman–Crippen LogP) is 5.42. The van der Waals surface area contributed by atoms with Gasteiger partial charge in [0.2, 0.25) is 0 Å². The van der Waals surface area contributed by atoms with Gasteiger partial charge in [0.1, 0.15) is 5.82 Å². The maximum absolute atomic E-state index is 5.13. The van der Waals surface area contributed by atoms with Crippen molar-refractivity contribution in [3.05, 3.63) is 72.8 Å². The summed E-state index contributed by atoms with van der Waals surface area (Å²) in [4.78, 5) is 14.4. The van der Waals surface area contributed by atoms with Crippen molar-refractivity contribution in [3.63, 3.8) is 0 Å². The number of imidazole rings is 1. The topological polar surface area (TPSA) is 43.6 Å². The van der Waals surface area contributed by atoms with E-state index in [1.54, 1.807) is 0 Å². The van der Waals surface area contributed by atoms with Crippen molar-refractivity contribution in [2.24, 2.45) is 0 Å². The van der Waals surface area contributed by atoms with Gasteiger partial charge in [0.25, 0.3) is 0 Å². The Balaban J connectivity index is 2.10. The molecule has 4 heteroatoms. The minimum atomic E-state index is -0.113. The van der Waals surface area contributed by atoms with Gasteiger partial charge in [-0.2, -0.15) is 0 Å². The zero-order chi connectivity index (χ0) is 18.6. The molecule has 0 radical (unpaired) electrons. The predicted molar refractivity (Wildman–Crippen MR) is 110 cm³/mol. The molecule has 0 saturated heterocycles. The number of nitrogens with zero attached hydrogens (tertiary/aromatic N) is 4. The van der Waals surface area contributed by atoms with E-state index in [0.717, 1.165) is 44.4 Å². The molecule has 0 aliphatic carbocycles. The molecule has 0 fully saturated rings. The molecule has 0 aliphatic rings. The lowest BCUT2D eigenvalue weighted by Crippen LogP contribution is -2.18. The minimum absolute atomic E-state index is 0.113. The van der Waals surface area contributed by atoms with E-state index in [1.807, 2.05) is 30.6 Å². The van der Waals surface area contributed by atoms with Gasteiger partial charge in [-0.15, -0.1) is 0 Å². The Bertz CT molecular complexity index is 1290. The summed E-state index contributed by atoms with van der Waals surface area (Å²) in [5.74, 6) is 1.03. The van der Waals surface area contributed by atoms with E-state index in [-0.39, 0.29) is 5.41 Å². The van der Waals surface area contributed by atoms with Gasteiger partial charge in [-0.25, -0.2) is 4.98 Å². The molecule has 5 aromatic rings. The molecule has 0 amide bonds. The molecule has 3 aromatic heterocycles. The molecule has 0 spiro atoms. The quantitative estimate of drug-likeness (QED) is 0.378. The van der Waals surface area contributed by atoms with Crippen LogP contribution in [-0.2, 0) is 5.41 Å². The zero-order valence-electron chi connectivity index (χ0n) is 15.6. The van der Waals surface area contributed by atoms with Gasteiger partial charge in [0.15, 0.2) is 0 Å². The average Bonchev–Trinajstić information content (AvgIpc) is 3.10. The van der Waals surface area contributed by atoms with Crippen LogP contribution in [0.15, 0.2) is 67.0 Å². The number of aromatic nitrogens is 4. The lowest BCUT2D eigenvalue weighted by Gasteiger charge is -2.20. The monoisotopic (exact) mass is 352 g/mol. The molecule has 3 heterocycles. The normalized spacial score (nSPS) is 12.3. The van der Waals surface area contributed by atoms with Crippen LogP contribution in [0.5, 0.6) is 0 Å². The first kappa shape index (κ1) is 15.9. The fourth-order valence-corrected chi connectivity index (χ4v) is 3.76. The highest BCUT2D eigenvalue weighted by Gasteiger charge is 2.26. The fraction of sp³-hybridized carbons (Fsp3) is 0.174. The summed E-state index contributed by atoms with van der Waals surface area (Å²) in [6.07, 6.45) is 3.65. The molecule has 2 aromatic carbocycles. The van der Waals surface area contributed by atoms with Crippen molar-refractivity contribution < 1.29 is 0 Å². The highest BCUT2D eigenvalue weighted by atomic mass is 15.1. The van der Waals surface area contributed by atoms with Crippen molar-refractivity contribution in [3.8, 4) is 5.69 Å². The van der Waals surface area contributed by atoms with Crippen LogP contribution < -0.4 is 0 Å². The van der Waals surface area contributed by atoms with Crippen molar-refractivity contribution in [1.82, 2.24) is 19.5 Å². The first-order chi connectivity index (χ1) is 13.1. The summed E-state index contributed by atoms with van der Waals surface area (Å²) >= 11 is 0. The van der Waals surface area contributed by atoms with E-state index in [2.05, 4.69) is 71.7 Å². The summed E-state index contributed by atoms with van der Waals surface area (Å²) in [5, 5.41) is 2.12. The maximum Gasteiger partial charge on any atom is 0.119 e. The van der Waals surface area contributed by atoms with Gasteiger partial charge in [-0.05, 0) is 36.4 Å². The number of para-hydroxylation sites is 1. The fourth-order valence-electron chi connectivity index (χ4n) is 3.76. The summed E-state index contributed by atoms with van der Waals surface area (Å²) in [6.45, 7) is 6.61. The van der Waals surface area contributed by atoms with E-state index < -0.39 is 0 Å². The minimum Gasteiger partial charge on any atom is -0.295 e. The second-order valence-electron chi connectivity index (χ2n) is 7.85. The van der Waals surface area contributed by atoms with Crippen molar-refractivity contribution >= 4 is 32.8 Å². The highest BCUT2D eigenvalue weighted by molar-refractivity contribution is 6.21. The summed E-state index contributed by atoms with van der Waals surface area (Å²) in [6, 6.07) is 18.6. The Morgan fingerprint density at radius 1 is 0.704 bits per heavy atom. The molecule has 0 aliphatic heterocycles. The number of fused-ring (bicyclic) bond motifs is 6. The van der Waals surface area contributed by atoms with Gasteiger partial charge < -0.3 is 0 Å². The second kappa shape index (κ2) is 5.61. The van der Waals surface area contributed by atoms with Crippen LogP contribution in [0.2, 0.25) is 0 Å². The van der Waals surface area contributed by atoms with Crippen LogP contribution in [0.4, 0.5) is 0 Å². The van der Waals surface area contributed by atoms with E-state index >= 15 is 0 Å². The third-order valence-electron chi connectivity index (χ3n) is 4.91. The Kier molecular flexibility index (Phi) is 3.31. The number of hydrogen-bond donors (Lipinski definition) is 0. The molecule has 0 unspecified atom stereocenters. The zero-order valence-corrected chi connectivity index (χ0v) is 15.6. The number of benzene rings is 2. The van der Waals surface area contributed by atoms with Crippen LogP contribution in [-0.4, -0.2) is 19.5 Å². The van der Waals surface area contributed by atoms with Crippen LogP contribution in [0, 0.1) is 0 Å². The summed E-state index contributed by atoms with van der Waals surface area (Å²) in [7, 11) is 0. The van der Waals surface area contributed by atoms with E-state index in [4.69, 9.17) is 4.98 Å². The molecule has 27 heavy (non-hydrogen) atoms. The number of pyridine rings is 2. The third kappa shape index (κ3) is 2.33. The van der Waals surface area contributed by atoms with Crippen molar-refractivity contribution in [1.29, 1.82) is 0 Å². The van der Waals surface area contributed by atoms with Gasteiger partial charge in [0.05, 0.1) is 22.1 Å². The van der Waals surface area contributed by atoms with Crippen LogP contribution in [0.3, 0.4) is 0 Å². The first-order valence-electron chi connectivity index (χ1n) is 9.15. The van der Waals surface area contributed by atoms with Crippen molar-refractivity contribution in [2.75, 3.05) is 0 Å². The van der Waals surface area contributed by atoms with E-state index in [1.165, 1.54) is 0 Å². The maximum atomic E-state index is 5.13. The lowest BCUT2D eigenvalue weighted by molar-refractivity contribution is 0.539. The van der Waals surface area contributed by atoms with Gasteiger partial charge >= 0.3 is 0 Å². The molecule has 0 N–H and O–H groups in total. The summed E-state index contributed by atoms with van der Waals surface area (Å²) < 4.78 is 2.28. The Morgan fingerprint density at radius 2 is 1.33 bits per heavy atom. The highest BCUT2D eigenvalue weighted by Crippen LogP contribution is 2.37. The smallest absolute Gasteiger partial charge is 0.119 e. The standard InChI is InChI=1S/C23H20N4/c1-23(2,3)22-26-20-16-11-7-13-24-18(16)19-17(12-8-14-25-19)21(20)27(22)15-9-5-4-6-10-15/h4-14H,1-3H3. The van der Waals surface area contributed by atoms with E-state index in [0.29, 0.717) is 0 Å². The average molecular weight is 352 g/mol. The van der Waals surface area contributed by atoms with Gasteiger partial charge in [-0.3, -0.25) is 14.5 Å². The Hall–Kier alpha value is -3.27. The molecule has 0 atom stereocenters. The first-order valence-corrected chi connectivity index (χ1v) is 9.15. The molecule has 4 nitrogen and oxygen atoms in total. The Labute approximate surface area is 157 Å². The van der Waals surface area contributed by atoms with Crippen LogP contribution >= 0.6 is 0 Å². The van der Waals surface area contributed by atoms with Gasteiger partial charge in [0, 0.05) is 34.3 Å². The third-order valence-corrected chi connectivity index (χ3v) is 4.91. The molecular formula is C23H20N4. The number of rotatable bonds is 1. The van der Waals surface area contributed by atoms with Crippen LogP contribution in [0.25, 0.3) is 38.5 Å². The number of hydrogen-bond acceptors (Lipinski definition) is 3. The largest absolute Gasteiger partial charge is 0.295 e. The molecule has 0 saturated carbocycles. The Morgan fingerprint density at radius 3 is 2.00 bits per heavy atom. The van der Waals surface area contributed by atoms with Crippen LogP contribution in [0.1, 0.15) is 26.6 Å². The van der Waals surface area contributed by atoms with Gasteiger partial charge in [-0.1, -0.05) is 39.0 Å². The molecule has 0 bridgehead atoms. The molecular weight excluding hydrogens is 332 g/mol. The SMILES string of the molecule is CC(C)(C)c1nc2c3cccnc3c3ncccc3c2n1-c1ccccc1. The molecule has 132 valence electrons. The second-order valence-corrected chi connectivity index (χ2v) is 7.85. The molecule has 5 rings (SSSR count). The van der Waals surface area contributed by atoms with E-state index in [9.17, 15) is 0 Å². The summed E-state index contributed by atoms with van der Waals surface area (Å²) in [5.41, 5.74) is 4.88. The lowest BCUT2D eigenvalue weighted by atomic mass is 9.95.